The van der Waals surface area contributed by atoms with E-state index in [9.17, 15) is 13.2 Å². The normalized spacial score (nSPS) is 18.1. The largest absolute Gasteiger partial charge is 0.444 e. The fourth-order valence-corrected chi connectivity index (χ4v) is 6.31. The highest BCUT2D eigenvalue weighted by Gasteiger charge is 2.37. The first kappa shape index (κ1) is 20.0. The lowest BCUT2D eigenvalue weighted by Crippen LogP contribution is -2.50. The number of carbonyl (C=O) groups excluding carboxylic acids is 1. The number of anilines is 1. The van der Waals surface area contributed by atoms with Crippen LogP contribution in [-0.2, 0) is 21.4 Å². The van der Waals surface area contributed by atoms with Gasteiger partial charge in [0.25, 0.3) is 0 Å². The van der Waals surface area contributed by atoms with Crippen LogP contribution in [0.3, 0.4) is 0 Å². The Bertz CT molecular complexity index is 1260. The molecule has 1 saturated heterocycles. The van der Waals surface area contributed by atoms with Gasteiger partial charge in [0.1, 0.15) is 6.61 Å². The number of piperidine rings is 1. The van der Waals surface area contributed by atoms with Crippen molar-refractivity contribution in [2.45, 2.75) is 37.3 Å². The SMILES string of the molecule is Cc1ccc(S(=O)(=O)N2CCC(N3C(=O)OCc4ccccc43)CC2)c2ccccc12. The standard InChI is InChI=1S/C24H24N2O4S/c1-17-10-11-23(21-8-4-3-7-20(17)21)31(28,29)25-14-12-19(13-15-25)26-22-9-5-2-6-18(22)16-30-24(26)27/h2-11,19H,12-16H2,1H3. The average Bonchev–Trinajstić information content (AvgIpc) is 2.79. The number of sulfonamides is 1. The van der Waals surface area contributed by atoms with Crippen molar-refractivity contribution in [1.82, 2.24) is 4.31 Å². The Morgan fingerprint density at radius 2 is 1.58 bits per heavy atom. The summed E-state index contributed by atoms with van der Waals surface area (Å²) in [6.45, 7) is 2.99. The maximum Gasteiger partial charge on any atom is 0.414 e. The predicted octanol–water partition coefficient (Wildman–Crippen LogP) is 4.46. The van der Waals surface area contributed by atoms with Crippen molar-refractivity contribution in [3.63, 3.8) is 0 Å². The van der Waals surface area contributed by atoms with Gasteiger partial charge in [-0.05, 0) is 42.8 Å². The minimum absolute atomic E-state index is 0.0878. The van der Waals surface area contributed by atoms with Crippen LogP contribution in [0.4, 0.5) is 10.5 Å². The zero-order valence-electron chi connectivity index (χ0n) is 17.3. The number of aryl methyl sites for hydroxylation is 1. The molecule has 0 spiro atoms. The second kappa shape index (κ2) is 7.66. The zero-order valence-corrected chi connectivity index (χ0v) is 18.1. The Balaban J connectivity index is 1.40. The Labute approximate surface area is 182 Å². The van der Waals surface area contributed by atoms with E-state index in [0.717, 1.165) is 27.6 Å². The lowest BCUT2D eigenvalue weighted by molar-refractivity contribution is 0.136. The topological polar surface area (TPSA) is 66.9 Å². The maximum atomic E-state index is 13.5. The zero-order chi connectivity index (χ0) is 21.6. The van der Waals surface area contributed by atoms with Crippen molar-refractivity contribution in [1.29, 1.82) is 0 Å². The third-order valence-electron chi connectivity index (χ3n) is 6.31. The van der Waals surface area contributed by atoms with Gasteiger partial charge in [-0.25, -0.2) is 13.2 Å². The molecule has 0 N–H and O–H groups in total. The Hall–Kier alpha value is -2.90. The molecule has 0 atom stereocenters. The first-order chi connectivity index (χ1) is 15.0. The van der Waals surface area contributed by atoms with Crippen LogP contribution in [0.2, 0.25) is 0 Å². The summed E-state index contributed by atoms with van der Waals surface area (Å²) in [6.07, 6.45) is 0.767. The van der Waals surface area contributed by atoms with E-state index in [1.807, 2.05) is 61.5 Å². The van der Waals surface area contributed by atoms with Crippen molar-refractivity contribution in [2.75, 3.05) is 18.0 Å². The predicted molar refractivity (Wildman–Crippen MR) is 120 cm³/mol. The van der Waals surface area contributed by atoms with E-state index < -0.39 is 10.0 Å². The molecule has 0 aliphatic carbocycles. The van der Waals surface area contributed by atoms with E-state index >= 15 is 0 Å². The van der Waals surface area contributed by atoms with Gasteiger partial charge in [0.2, 0.25) is 10.0 Å². The number of hydrogen-bond donors (Lipinski definition) is 0. The summed E-state index contributed by atoms with van der Waals surface area (Å²) in [6, 6.07) is 18.8. The molecule has 5 rings (SSSR count). The summed E-state index contributed by atoms with van der Waals surface area (Å²) in [5, 5.41) is 1.70. The summed E-state index contributed by atoms with van der Waals surface area (Å²) in [4.78, 5) is 14.5. The van der Waals surface area contributed by atoms with Gasteiger partial charge in [-0.1, -0.05) is 48.5 Å². The van der Waals surface area contributed by atoms with E-state index in [4.69, 9.17) is 4.74 Å². The van der Waals surface area contributed by atoms with Gasteiger partial charge in [0.05, 0.1) is 10.6 Å². The van der Waals surface area contributed by atoms with Crippen LogP contribution >= 0.6 is 0 Å². The number of para-hydroxylation sites is 1. The van der Waals surface area contributed by atoms with Gasteiger partial charge in [-0.3, -0.25) is 4.90 Å². The fourth-order valence-electron chi connectivity index (χ4n) is 4.65. The molecule has 0 unspecified atom stereocenters. The van der Waals surface area contributed by atoms with E-state index in [2.05, 4.69) is 0 Å². The highest BCUT2D eigenvalue weighted by atomic mass is 32.2. The minimum Gasteiger partial charge on any atom is -0.444 e. The van der Waals surface area contributed by atoms with E-state index in [1.165, 1.54) is 0 Å². The summed E-state index contributed by atoms with van der Waals surface area (Å²) in [7, 11) is -3.63. The third kappa shape index (κ3) is 3.38. The number of hydrogen-bond acceptors (Lipinski definition) is 4. The minimum atomic E-state index is -3.63. The quantitative estimate of drug-likeness (QED) is 0.608. The first-order valence-electron chi connectivity index (χ1n) is 10.5. The van der Waals surface area contributed by atoms with Crippen molar-refractivity contribution < 1.29 is 17.9 Å². The van der Waals surface area contributed by atoms with E-state index in [0.29, 0.717) is 30.8 Å². The van der Waals surface area contributed by atoms with Crippen molar-refractivity contribution >= 4 is 32.6 Å². The number of amides is 1. The van der Waals surface area contributed by atoms with Gasteiger partial charge in [-0.2, -0.15) is 4.31 Å². The van der Waals surface area contributed by atoms with Crippen LogP contribution in [-0.4, -0.2) is 37.9 Å². The second-order valence-corrected chi connectivity index (χ2v) is 10.0. The highest BCUT2D eigenvalue weighted by molar-refractivity contribution is 7.89. The molecular formula is C24H24N2O4S. The molecule has 1 fully saturated rings. The van der Waals surface area contributed by atoms with Crippen LogP contribution in [0.5, 0.6) is 0 Å². The van der Waals surface area contributed by atoms with Crippen molar-refractivity contribution in [2.24, 2.45) is 0 Å². The molecule has 2 heterocycles. The summed E-state index contributed by atoms with van der Waals surface area (Å²) in [5.74, 6) is 0. The number of nitrogens with zero attached hydrogens (tertiary/aromatic N) is 2. The number of cyclic esters (lactones) is 1. The Morgan fingerprint density at radius 3 is 2.35 bits per heavy atom. The molecule has 160 valence electrons. The monoisotopic (exact) mass is 436 g/mol. The van der Waals surface area contributed by atoms with Gasteiger partial charge in [0.15, 0.2) is 0 Å². The smallest absolute Gasteiger partial charge is 0.414 e. The van der Waals surface area contributed by atoms with Gasteiger partial charge < -0.3 is 4.74 Å². The number of benzene rings is 3. The average molecular weight is 437 g/mol. The highest BCUT2D eigenvalue weighted by Crippen LogP contribution is 2.34. The third-order valence-corrected chi connectivity index (χ3v) is 8.26. The lowest BCUT2D eigenvalue weighted by atomic mass is 10.0. The van der Waals surface area contributed by atoms with Crippen LogP contribution < -0.4 is 4.90 Å². The van der Waals surface area contributed by atoms with Crippen LogP contribution in [0.25, 0.3) is 10.8 Å². The summed E-state index contributed by atoms with van der Waals surface area (Å²) in [5.41, 5.74) is 2.89. The van der Waals surface area contributed by atoms with Crippen LogP contribution in [0.15, 0.2) is 65.6 Å². The molecular weight excluding hydrogens is 412 g/mol. The molecule has 2 aliphatic heterocycles. The number of carbonyl (C=O) groups is 1. The van der Waals surface area contributed by atoms with E-state index in [1.54, 1.807) is 15.3 Å². The molecule has 2 aliphatic rings. The van der Waals surface area contributed by atoms with Gasteiger partial charge >= 0.3 is 6.09 Å². The molecule has 0 aromatic heterocycles. The molecule has 0 radical (unpaired) electrons. The molecule has 3 aromatic rings. The molecule has 31 heavy (non-hydrogen) atoms. The molecule has 0 saturated carbocycles. The second-order valence-electron chi connectivity index (χ2n) is 8.11. The number of fused-ring (bicyclic) bond motifs is 2. The Kier molecular flexibility index (Phi) is 4.95. The fraction of sp³-hybridized carbons (Fsp3) is 0.292. The van der Waals surface area contributed by atoms with Crippen molar-refractivity contribution in [3.05, 3.63) is 71.8 Å². The maximum absolute atomic E-state index is 13.5. The summed E-state index contributed by atoms with van der Waals surface area (Å²) >= 11 is 0. The molecule has 1 amide bonds. The van der Waals surface area contributed by atoms with Crippen LogP contribution in [0.1, 0.15) is 24.0 Å². The molecule has 7 heteroatoms. The number of ether oxygens (including phenoxy) is 1. The van der Waals surface area contributed by atoms with Gasteiger partial charge in [0, 0.05) is 30.1 Å². The van der Waals surface area contributed by atoms with Crippen molar-refractivity contribution in [3.8, 4) is 0 Å². The molecule has 6 nitrogen and oxygen atoms in total. The van der Waals surface area contributed by atoms with E-state index in [-0.39, 0.29) is 18.7 Å². The lowest BCUT2D eigenvalue weighted by Gasteiger charge is -2.39. The van der Waals surface area contributed by atoms with Crippen LogP contribution in [0, 0.1) is 6.92 Å². The van der Waals surface area contributed by atoms with Gasteiger partial charge in [-0.15, -0.1) is 0 Å². The molecule has 0 bridgehead atoms. The number of rotatable bonds is 3. The Morgan fingerprint density at radius 1 is 0.903 bits per heavy atom. The molecule has 3 aromatic carbocycles. The summed E-state index contributed by atoms with van der Waals surface area (Å²) < 4.78 is 33.8. The first-order valence-corrected chi connectivity index (χ1v) is 11.9.